The van der Waals surface area contributed by atoms with Crippen LogP contribution in [0.4, 0.5) is 0 Å². The van der Waals surface area contributed by atoms with Crippen molar-refractivity contribution in [3.05, 3.63) is 0 Å². The highest BCUT2D eigenvalue weighted by Gasteiger charge is 2.50. The Hall–Kier alpha value is -1.04. The minimum absolute atomic E-state index is 0.00574. The normalized spacial score (nSPS) is 39.8. The zero-order chi connectivity index (χ0) is 14.3. The zero-order valence-electron chi connectivity index (χ0n) is 11.2. The van der Waals surface area contributed by atoms with Crippen molar-refractivity contribution >= 4 is 28.8 Å². The third-order valence-electron chi connectivity index (χ3n) is 5.06. The van der Waals surface area contributed by atoms with Gasteiger partial charge in [0.15, 0.2) is 0 Å². The fourth-order valence-electron chi connectivity index (χ4n) is 4.08. The largest absolute Gasteiger partial charge is 0.481 e. The van der Waals surface area contributed by atoms with Crippen molar-refractivity contribution in [2.45, 2.75) is 38.1 Å². The molecular formula is C14H19NO4S. The minimum atomic E-state index is -0.855. The Morgan fingerprint density at radius 2 is 1.65 bits per heavy atom. The van der Waals surface area contributed by atoms with Crippen molar-refractivity contribution in [1.82, 2.24) is 5.32 Å². The van der Waals surface area contributed by atoms with E-state index < -0.39 is 23.8 Å². The van der Waals surface area contributed by atoms with Crippen LogP contribution in [-0.4, -0.2) is 33.9 Å². The molecule has 0 radical (unpaired) electrons. The first-order valence-corrected chi connectivity index (χ1v) is 8.26. The number of hydrogen-bond acceptors (Lipinski definition) is 4. The van der Waals surface area contributed by atoms with Crippen molar-refractivity contribution in [2.75, 3.05) is 5.75 Å². The van der Waals surface area contributed by atoms with E-state index in [0.717, 1.165) is 31.4 Å². The molecule has 4 aliphatic rings. The maximum atomic E-state index is 12.5. The molecule has 4 rings (SSSR count). The predicted molar refractivity (Wildman–Crippen MR) is 74.1 cm³/mol. The average molecular weight is 297 g/mol. The number of amides is 1. The second-order valence-electron chi connectivity index (χ2n) is 6.08. The van der Waals surface area contributed by atoms with Crippen molar-refractivity contribution < 1.29 is 19.5 Å². The summed E-state index contributed by atoms with van der Waals surface area (Å²) in [5.74, 6) is -1.04. The molecule has 3 atom stereocenters. The molecule has 1 heterocycles. The van der Waals surface area contributed by atoms with Gasteiger partial charge in [-0.1, -0.05) is 11.8 Å². The van der Waals surface area contributed by atoms with Gasteiger partial charge in [0.2, 0.25) is 11.0 Å². The van der Waals surface area contributed by atoms with Crippen molar-refractivity contribution in [2.24, 2.45) is 23.7 Å². The summed E-state index contributed by atoms with van der Waals surface area (Å²) >= 11 is 1.25. The molecule has 1 saturated heterocycles. The highest BCUT2D eigenvalue weighted by atomic mass is 32.2. The monoisotopic (exact) mass is 297 g/mol. The van der Waals surface area contributed by atoms with E-state index in [2.05, 4.69) is 5.32 Å². The Morgan fingerprint density at radius 3 is 2.15 bits per heavy atom. The lowest BCUT2D eigenvalue weighted by molar-refractivity contribution is -0.158. The highest BCUT2D eigenvalue weighted by Crippen LogP contribution is 2.49. The van der Waals surface area contributed by atoms with E-state index in [-0.39, 0.29) is 22.9 Å². The van der Waals surface area contributed by atoms with Crippen LogP contribution < -0.4 is 5.32 Å². The molecule has 6 heteroatoms. The smallest absolute Gasteiger partial charge is 0.307 e. The van der Waals surface area contributed by atoms with Crippen LogP contribution >= 0.6 is 11.8 Å². The zero-order valence-corrected chi connectivity index (χ0v) is 12.0. The van der Waals surface area contributed by atoms with E-state index >= 15 is 0 Å². The Morgan fingerprint density at radius 1 is 1.05 bits per heavy atom. The first-order chi connectivity index (χ1) is 9.58. The molecule has 2 N–H and O–H groups in total. The van der Waals surface area contributed by atoms with Crippen LogP contribution in [0.2, 0.25) is 0 Å². The maximum absolute atomic E-state index is 12.5. The fraction of sp³-hybridized carbons (Fsp3) is 0.786. The number of hydrogen-bond donors (Lipinski definition) is 2. The molecule has 4 fully saturated rings. The van der Waals surface area contributed by atoms with Crippen LogP contribution in [0.15, 0.2) is 0 Å². The van der Waals surface area contributed by atoms with Gasteiger partial charge < -0.3 is 10.4 Å². The van der Waals surface area contributed by atoms with Gasteiger partial charge in [0.1, 0.15) is 0 Å². The number of thioether (sulfide) groups is 1. The van der Waals surface area contributed by atoms with Gasteiger partial charge in [0, 0.05) is 5.75 Å². The average Bonchev–Trinajstić information content (AvgIpc) is 2.84. The Kier molecular flexibility index (Phi) is 3.75. The maximum Gasteiger partial charge on any atom is 0.307 e. The van der Waals surface area contributed by atoms with Crippen LogP contribution in [-0.2, 0) is 14.4 Å². The number of fused-ring (bicyclic) bond motifs is 3. The number of aliphatic carboxylic acids is 1. The van der Waals surface area contributed by atoms with Crippen LogP contribution in [0, 0.1) is 23.7 Å². The second kappa shape index (κ2) is 5.39. The Labute approximate surface area is 121 Å². The lowest BCUT2D eigenvalue weighted by Crippen LogP contribution is -2.53. The molecule has 2 bridgehead atoms. The number of nitrogens with one attached hydrogen (secondary N) is 1. The van der Waals surface area contributed by atoms with E-state index in [1.165, 1.54) is 11.8 Å². The molecule has 110 valence electrons. The van der Waals surface area contributed by atoms with E-state index in [4.69, 9.17) is 0 Å². The third-order valence-corrected chi connectivity index (χ3v) is 6.07. The molecule has 3 saturated carbocycles. The van der Waals surface area contributed by atoms with Gasteiger partial charge in [-0.25, -0.2) is 0 Å². The second-order valence-corrected chi connectivity index (χ2v) is 7.18. The summed E-state index contributed by atoms with van der Waals surface area (Å²) in [4.78, 5) is 35.6. The Balaban J connectivity index is 1.74. The molecule has 1 aliphatic heterocycles. The van der Waals surface area contributed by atoms with Gasteiger partial charge in [0.05, 0.1) is 17.9 Å². The molecular weight excluding hydrogens is 278 g/mol. The summed E-state index contributed by atoms with van der Waals surface area (Å²) in [5, 5.41) is 12.2. The van der Waals surface area contributed by atoms with Gasteiger partial charge in [-0.3, -0.25) is 14.4 Å². The molecule has 1 amide bonds. The van der Waals surface area contributed by atoms with E-state index in [1.807, 2.05) is 0 Å². The first-order valence-electron chi connectivity index (χ1n) is 7.27. The van der Waals surface area contributed by atoms with Gasteiger partial charge >= 0.3 is 5.97 Å². The van der Waals surface area contributed by atoms with Crippen molar-refractivity contribution in [3.8, 4) is 0 Å². The van der Waals surface area contributed by atoms with E-state index in [0.29, 0.717) is 6.42 Å². The van der Waals surface area contributed by atoms with Crippen molar-refractivity contribution in [1.29, 1.82) is 0 Å². The molecule has 3 aliphatic carbocycles. The van der Waals surface area contributed by atoms with Gasteiger partial charge in [0.25, 0.3) is 0 Å². The van der Waals surface area contributed by atoms with Crippen molar-refractivity contribution in [3.63, 3.8) is 0 Å². The van der Waals surface area contributed by atoms with Crippen LogP contribution in [0.5, 0.6) is 0 Å². The summed E-state index contributed by atoms with van der Waals surface area (Å²) < 4.78 is 0. The summed E-state index contributed by atoms with van der Waals surface area (Å²) in [6.07, 6.45) is 4.39. The number of carboxylic acids is 1. The first kappa shape index (κ1) is 13.9. The van der Waals surface area contributed by atoms with Gasteiger partial charge in [-0.2, -0.15) is 0 Å². The SMILES string of the molecule is O=C1SCC[C@@H]1NC(=O)[C@@H]1C2CCC(CC2)[C@@H]1C(=O)O. The highest BCUT2D eigenvalue weighted by molar-refractivity contribution is 8.14. The van der Waals surface area contributed by atoms with Gasteiger partial charge in [-0.05, 0) is 43.9 Å². The molecule has 0 spiro atoms. The van der Waals surface area contributed by atoms with E-state index in [9.17, 15) is 19.5 Å². The number of rotatable bonds is 3. The summed E-state index contributed by atoms with van der Waals surface area (Å²) in [5.41, 5.74) is 0. The lowest BCUT2D eigenvalue weighted by Gasteiger charge is -2.46. The topological polar surface area (TPSA) is 83.5 Å². The molecule has 0 unspecified atom stereocenters. The fourth-order valence-corrected chi connectivity index (χ4v) is 5.01. The molecule has 0 aromatic rings. The number of carboxylic acid groups (broad SMARTS) is 1. The predicted octanol–water partition coefficient (Wildman–Crippen LogP) is 1.27. The van der Waals surface area contributed by atoms with Crippen LogP contribution in [0.25, 0.3) is 0 Å². The molecule has 0 aromatic heterocycles. The van der Waals surface area contributed by atoms with Crippen LogP contribution in [0.1, 0.15) is 32.1 Å². The van der Waals surface area contributed by atoms with Gasteiger partial charge in [-0.15, -0.1) is 0 Å². The number of carbonyl (C=O) groups is 3. The van der Waals surface area contributed by atoms with Crippen LogP contribution in [0.3, 0.4) is 0 Å². The number of carbonyl (C=O) groups excluding carboxylic acids is 2. The molecule has 5 nitrogen and oxygen atoms in total. The molecule has 20 heavy (non-hydrogen) atoms. The summed E-state index contributed by atoms with van der Waals surface area (Å²) in [7, 11) is 0. The Bertz CT molecular complexity index is 444. The third kappa shape index (κ3) is 2.34. The standard InChI is InChI=1S/C14H19NO4S/c16-12(15-9-5-6-20-14(9)19)10-7-1-3-8(4-2-7)11(10)13(17)18/h7-11H,1-6H2,(H,15,16)(H,17,18)/t7?,8?,9-,10+,11-/m0/s1. The quantitative estimate of drug-likeness (QED) is 0.819. The summed E-state index contributed by atoms with van der Waals surface area (Å²) in [6, 6.07) is -0.414. The molecule has 0 aromatic carbocycles. The minimum Gasteiger partial charge on any atom is -0.481 e. The lowest BCUT2D eigenvalue weighted by atomic mass is 9.58. The van der Waals surface area contributed by atoms with E-state index in [1.54, 1.807) is 0 Å². The summed E-state index contributed by atoms with van der Waals surface area (Å²) in [6.45, 7) is 0.